The Bertz CT molecular complexity index is 809. The van der Waals surface area contributed by atoms with Crippen molar-refractivity contribution in [3.63, 3.8) is 0 Å². The van der Waals surface area contributed by atoms with Gasteiger partial charge in [0.25, 0.3) is 0 Å². The smallest absolute Gasteiger partial charge is 0.194 e. The van der Waals surface area contributed by atoms with Crippen molar-refractivity contribution < 1.29 is 14.2 Å². The van der Waals surface area contributed by atoms with Gasteiger partial charge in [-0.3, -0.25) is 0 Å². The highest BCUT2D eigenvalue weighted by Gasteiger charge is 2.20. The topological polar surface area (TPSA) is 60.3 Å². The molecule has 0 radical (unpaired) electrons. The lowest BCUT2D eigenvalue weighted by Gasteiger charge is -2.37. The third-order valence-electron chi connectivity index (χ3n) is 4.79. The average Bonchev–Trinajstić information content (AvgIpc) is 2.73. The van der Waals surface area contributed by atoms with Crippen LogP contribution < -0.4 is 15.0 Å². The van der Waals surface area contributed by atoms with E-state index in [1.54, 1.807) is 25.3 Å². The van der Waals surface area contributed by atoms with Crippen LogP contribution in [0.5, 0.6) is 11.5 Å². The van der Waals surface area contributed by atoms with Crippen LogP contribution in [0.1, 0.15) is 12.5 Å². The Labute approximate surface area is 188 Å². The number of aromatic hydroxyl groups is 1. The van der Waals surface area contributed by atoms with Gasteiger partial charge < -0.3 is 25.0 Å². The third kappa shape index (κ3) is 6.12. The van der Waals surface area contributed by atoms with E-state index in [2.05, 4.69) is 15.1 Å². The summed E-state index contributed by atoms with van der Waals surface area (Å²) in [5.41, 5.74) is 1.75. The molecule has 2 N–H and O–H groups in total. The van der Waals surface area contributed by atoms with E-state index >= 15 is 0 Å². The minimum atomic E-state index is -0.218. The second kappa shape index (κ2) is 11.1. The normalized spacial score (nSPS) is 14.4. The van der Waals surface area contributed by atoms with Crippen LogP contribution >= 0.6 is 24.0 Å². The molecule has 29 heavy (non-hydrogen) atoms. The molecular formula is C21H28FIN4O2. The minimum Gasteiger partial charge on any atom is -0.508 e. The molecule has 0 spiro atoms. The van der Waals surface area contributed by atoms with Crippen LogP contribution in [-0.2, 0) is 6.54 Å². The molecule has 0 bridgehead atoms. The number of rotatable bonds is 5. The van der Waals surface area contributed by atoms with Gasteiger partial charge in [-0.25, -0.2) is 9.38 Å². The van der Waals surface area contributed by atoms with Crippen LogP contribution in [0.3, 0.4) is 0 Å². The number of piperazine rings is 1. The molecule has 0 saturated carbocycles. The lowest BCUT2D eigenvalue weighted by Crippen LogP contribution is -2.52. The van der Waals surface area contributed by atoms with E-state index in [1.807, 2.05) is 19.1 Å². The number of phenolic OH excluding ortho intramolecular Hbond substituents is 1. The average molecular weight is 514 g/mol. The number of ether oxygens (including phenoxy) is 1. The van der Waals surface area contributed by atoms with Gasteiger partial charge in [0.2, 0.25) is 0 Å². The summed E-state index contributed by atoms with van der Waals surface area (Å²) in [6.07, 6.45) is 0. The van der Waals surface area contributed by atoms with Crippen molar-refractivity contribution in [2.24, 2.45) is 4.99 Å². The van der Waals surface area contributed by atoms with Gasteiger partial charge in [-0.1, -0.05) is 0 Å². The Hall–Kier alpha value is -2.23. The number of hydrogen-bond acceptors (Lipinski definition) is 4. The molecule has 1 aliphatic rings. The molecule has 0 unspecified atom stereocenters. The first-order valence-corrected chi connectivity index (χ1v) is 9.50. The van der Waals surface area contributed by atoms with Crippen molar-refractivity contribution in [2.45, 2.75) is 13.5 Å². The summed E-state index contributed by atoms with van der Waals surface area (Å²) in [4.78, 5) is 9.15. The molecule has 8 heteroatoms. The van der Waals surface area contributed by atoms with Gasteiger partial charge in [0.1, 0.15) is 17.3 Å². The van der Waals surface area contributed by atoms with Gasteiger partial charge in [-0.15, -0.1) is 24.0 Å². The number of nitrogens with zero attached hydrogens (tertiary/aromatic N) is 3. The zero-order valence-electron chi connectivity index (χ0n) is 16.8. The molecule has 1 fully saturated rings. The van der Waals surface area contributed by atoms with Crippen LogP contribution in [0, 0.1) is 5.82 Å². The molecule has 1 saturated heterocycles. The number of aliphatic imine (C=N–C) groups is 1. The van der Waals surface area contributed by atoms with E-state index in [0.717, 1.165) is 49.9 Å². The number of guanidine groups is 1. The fraction of sp³-hybridized carbons (Fsp3) is 0.381. The van der Waals surface area contributed by atoms with Crippen molar-refractivity contribution >= 4 is 35.6 Å². The highest BCUT2D eigenvalue weighted by molar-refractivity contribution is 14.0. The second-order valence-electron chi connectivity index (χ2n) is 6.62. The fourth-order valence-electron chi connectivity index (χ4n) is 3.23. The minimum absolute atomic E-state index is 0. The summed E-state index contributed by atoms with van der Waals surface area (Å²) in [7, 11) is 1.60. The third-order valence-corrected chi connectivity index (χ3v) is 4.79. The zero-order chi connectivity index (χ0) is 19.9. The SMILES string of the molecule is CCNC(=NCc1cc(OC)ccc1O)N1CCN(c2ccc(F)cc2)CC1.I. The Balaban J connectivity index is 0.00000300. The van der Waals surface area contributed by atoms with Crippen LogP contribution in [0.4, 0.5) is 10.1 Å². The molecule has 3 rings (SSSR count). The molecule has 1 heterocycles. The lowest BCUT2D eigenvalue weighted by molar-refractivity contribution is 0.372. The van der Waals surface area contributed by atoms with Crippen LogP contribution in [-0.4, -0.2) is 55.8 Å². The summed E-state index contributed by atoms with van der Waals surface area (Å²) in [6.45, 7) is 6.46. The maximum atomic E-state index is 13.1. The van der Waals surface area contributed by atoms with E-state index in [9.17, 15) is 9.50 Å². The van der Waals surface area contributed by atoms with Crippen molar-refractivity contribution in [1.29, 1.82) is 0 Å². The molecule has 2 aromatic rings. The maximum Gasteiger partial charge on any atom is 0.194 e. The van der Waals surface area contributed by atoms with E-state index in [-0.39, 0.29) is 35.5 Å². The Morgan fingerprint density at radius 1 is 1.14 bits per heavy atom. The number of anilines is 1. The molecule has 0 aromatic heterocycles. The molecule has 158 valence electrons. The number of benzene rings is 2. The molecule has 0 amide bonds. The van der Waals surface area contributed by atoms with Gasteiger partial charge in [-0.05, 0) is 49.4 Å². The number of phenols is 1. The Kier molecular flexibility index (Phi) is 8.81. The quantitative estimate of drug-likeness (QED) is 0.364. The fourth-order valence-corrected chi connectivity index (χ4v) is 3.23. The number of hydrogen-bond donors (Lipinski definition) is 2. The van der Waals surface area contributed by atoms with E-state index in [4.69, 9.17) is 9.73 Å². The second-order valence-corrected chi connectivity index (χ2v) is 6.62. The zero-order valence-corrected chi connectivity index (χ0v) is 19.1. The van der Waals surface area contributed by atoms with Gasteiger partial charge >= 0.3 is 0 Å². The van der Waals surface area contributed by atoms with E-state index < -0.39 is 0 Å². The van der Waals surface area contributed by atoms with E-state index in [0.29, 0.717) is 12.3 Å². The first-order chi connectivity index (χ1) is 13.6. The van der Waals surface area contributed by atoms with Gasteiger partial charge in [0, 0.05) is 44.0 Å². The number of halogens is 2. The predicted octanol–water partition coefficient (Wildman–Crippen LogP) is 3.45. The molecular weight excluding hydrogens is 486 g/mol. The largest absolute Gasteiger partial charge is 0.508 e. The molecule has 0 atom stereocenters. The van der Waals surface area contributed by atoms with Crippen molar-refractivity contribution in [3.05, 3.63) is 53.8 Å². The standard InChI is InChI=1S/C21H27FN4O2.HI/c1-3-23-21(24-15-16-14-19(28-2)8-9-20(16)27)26-12-10-25(11-13-26)18-6-4-17(22)5-7-18;/h4-9,14,27H,3,10-13,15H2,1-2H3,(H,23,24);1H. The van der Waals surface area contributed by atoms with E-state index in [1.165, 1.54) is 12.1 Å². The summed E-state index contributed by atoms with van der Waals surface area (Å²) >= 11 is 0. The number of methoxy groups -OCH3 is 1. The summed E-state index contributed by atoms with van der Waals surface area (Å²) in [5, 5.41) is 13.4. The van der Waals surface area contributed by atoms with Crippen LogP contribution in [0.15, 0.2) is 47.5 Å². The Morgan fingerprint density at radius 2 is 1.83 bits per heavy atom. The molecule has 0 aliphatic carbocycles. The highest BCUT2D eigenvalue weighted by Crippen LogP contribution is 2.23. The van der Waals surface area contributed by atoms with Crippen LogP contribution in [0.25, 0.3) is 0 Å². The molecule has 1 aliphatic heterocycles. The predicted molar refractivity (Wildman–Crippen MR) is 125 cm³/mol. The number of nitrogens with one attached hydrogen (secondary N) is 1. The van der Waals surface area contributed by atoms with Gasteiger partial charge in [0.15, 0.2) is 5.96 Å². The van der Waals surface area contributed by atoms with Crippen molar-refractivity contribution in [1.82, 2.24) is 10.2 Å². The lowest BCUT2D eigenvalue weighted by atomic mass is 10.2. The molecule has 2 aromatic carbocycles. The van der Waals surface area contributed by atoms with Crippen molar-refractivity contribution in [3.8, 4) is 11.5 Å². The van der Waals surface area contributed by atoms with Crippen molar-refractivity contribution in [2.75, 3.05) is 44.7 Å². The van der Waals surface area contributed by atoms with Crippen LogP contribution in [0.2, 0.25) is 0 Å². The van der Waals surface area contributed by atoms with Gasteiger partial charge in [0.05, 0.1) is 13.7 Å². The summed E-state index contributed by atoms with van der Waals surface area (Å²) in [5.74, 6) is 1.51. The van der Waals surface area contributed by atoms with Gasteiger partial charge in [-0.2, -0.15) is 0 Å². The Morgan fingerprint density at radius 3 is 2.45 bits per heavy atom. The highest BCUT2D eigenvalue weighted by atomic mass is 127. The first-order valence-electron chi connectivity index (χ1n) is 9.50. The molecule has 6 nitrogen and oxygen atoms in total. The monoisotopic (exact) mass is 514 g/mol. The summed E-state index contributed by atoms with van der Waals surface area (Å²) in [6, 6.07) is 11.8. The summed E-state index contributed by atoms with van der Waals surface area (Å²) < 4.78 is 18.4. The maximum absolute atomic E-state index is 13.1. The first kappa shape index (κ1) is 23.1.